The number of hydrogen-bond donors (Lipinski definition) is 1. The Labute approximate surface area is 124 Å². The summed E-state index contributed by atoms with van der Waals surface area (Å²) in [4.78, 5) is 11.6. The average Bonchev–Trinajstić information content (AvgIpc) is 2.44. The first kappa shape index (κ1) is 16.9. The van der Waals surface area contributed by atoms with Crippen molar-refractivity contribution < 1.29 is 0 Å². The number of rotatable bonds is 8. The molecule has 0 aliphatic rings. The fourth-order valence-corrected chi connectivity index (χ4v) is 2.22. The van der Waals surface area contributed by atoms with Crippen LogP contribution in [0.15, 0.2) is 6.20 Å². The molecule has 0 saturated heterocycles. The van der Waals surface area contributed by atoms with Gasteiger partial charge in [-0.1, -0.05) is 34.1 Å². The van der Waals surface area contributed by atoms with E-state index in [-0.39, 0.29) is 0 Å². The highest BCUT2D eigenvalue weighted by Crippen LogP contribution is 2.22. The average molecular weight is 278 g/mol. The van der Waals surface area contributed by atoms with Gasteiger partial charge in [0.1, 0.15) is 5.82 Å². The van der Waals surface area contributed by atoms with Gasteiger partial charge in [-0.3, -0.25) is 0 Å². The van der Waals surface area contributed by atoms with Gasteiger partial charge in [0.05, 0.1) is 17.6 Å². The second kappa shape index (κ2) is 8.20. The summed E-state index contributed by atoms with van der Waals surface area (Å²) in [6.45, 7) is 12.6. The second-order valence-electron chi connectivity index (χ2n) is 5.74. The van der Waals surface area contributed by atoms with Crippen LogP contribution in [-0.2, 0) is 6.54 Å². The third kappa shape index (κ3) is 4.44. The molecule has 0 radical (unpaired) electrons. The molecule has 0 bridgehead atoms. The zero-order chi connectivity index (χ0) is 15.1. The van der Waals surface area contributed by atoms with Crippen molar-refractivity contribution in [1.29, 1.82) is 0 Å². The maximum absolute atomic E-state index is 4.76. The van der Waals surface area contributed by atoms with Crippen molar-refractivity contribution in [3.63, 3.8) is 0 Å². The summed E-state index contributed by atoms with van der Waals surface area (Å²) in [6, 6.07) is 0.508. The lowest BCUT2D eigenvalue weighted by Gasteiger charge is -2.28. The molecule has 1 rings (SSSR count). The van der Waals surface area contributed by atoms with Gasteiger partial charge in [0.15, 0.2) is 0 Å². The van der Waals surface area contributed by atoms with E-state index in [0.717, 1.165) is 30.3 Å². The number of aromatic nitrogens is 2. The van der Waals surface area contributed by atoms with E-state index in [1.807, 2.05) is 6.20 Å². The molecule has 4 heteroatoms. The van der Waals surface area contributed by atoms with E-state index in [0.29, 0.717) is 12.0 Å². The third-order valence-corrected chi connectivity index (χ3v) is 3.67. The number of nitrogens with zero attached hydrogens (tertiary/aromatic N) is 3. The molecule has 0 aliphatic carbocycles. The van der Waals surface area contributed by atoms with Crippen LogP contribution in [0.1, 0.15) is 64.9 Å². The van der Waals surface area contributed by atoms with Crippen LogP contribution in [-0.4, -0.2) is 29.6 Å². The van der Waals surface area contributed by atoms with Crippen molar-refractivity contribution in [2.45, 2.75) is 66.0 Å². The third-order valence-electron chi connectivity index (χ3n) is 3.67. The molecule has 1 heterocycles. The predicted octanol–water partition coefficient (Wildman–Crippen LogP) is 3.33. The fourth-order valence-electron chi connectivity index (χ4n) is 2.22. The van der Waals surface area contributed by atoms with Gasteiger partial charge in [-0.2, -0.15) is 0 Å². The molecule has 1 unspecified atom stereocenters. The van der Waals surface area contributed by atoms with Crippen LogP contribution in [0.25, 0.3) is 0 Å². The molecule has 1 atom stereocenters. The highest BCUT2D eigenvalue weighted by molar-refractivity contribution is 5.49. The molecule has 20 heavy (non-hydrogen) atoms. The lowest BCUT2D eigenvalue weighted by atomic mass is 10.1. The minimum Gasteiger partial charge on any atom is -0.369 e. The highest BCUT2D eigenvalue weighted by Gasteiger charge is 2.16. The molecule has 0 spiro atoms. The van der Waals surface area contributed by atoms with Crippen LogP contribution >= 0.6 is 0 Å². The van der Waals surface area contributed by atoms with E-state index in [4.69, 9.17) is 4.98 Å². The molecular weight excluding hydrogens is 248 g/mol. The molecule has 0 aliphatic heterocycles. The van der Waals surface area contributed by atoms with Crippen molar-refractivity contribution in [3.8, 4) is 0 Å². The molecule has 114 valence electrons. The van der Waals surface area contributed by atoms with Crippen molar-refractivity contribution in [3.05, 3.63) is 17.7 Å². The highest BCUT2D eigenvalue weighted by atomic mass is 15.2. The van der Waals surface area contributed by atoms with Gasteiger partial charge >= 0.3 is 0 Å². The van der Waals surface area contributed by atoms with Crippen LogP contribution < -0.4 is 10.2 Å². The first-order valence-electron chi connectivity index (χ1n) is 7.80. The van der Waals surface area contributed by atoms with Gasteiger partial charge in [-0.15, -0.1) is 0 Å². The molecule has 0 aromatic carbocycles. The number of hydrogen-bond acceptors (Lipinski definition) is 4. The van der Waals surface area contributed by atoms with Crippen molar-refractivity contribution in [1.82, 2.24) is 15.3 Å². The molecule has 1 aromatic heterocycles. The monoisotopic (exact) mass is 278 g/mol. The van der Waals surface area contributed by atoms with E-state index < -0.39 is 0 Å². The van der Waals surface area contributed by atoms with Gasteiger partial charge in [-0.25, -0.2) is 9.97 Å². The Hall–Kier alpha value is -1.16. The minimum absolute atomic E-state index is 0.364. The van der Waals surface area contributed by atoms with E-state index in [1.165, 1.54) is 12.8 Å². The predicted molar refractivity (Wildman–Crippen MR) is 86.3 cm³/mol. The van der Waals surface area contributed by atoms with E-state index >= 15 is 0 Å². The molecule has 0 saturated carbocycles. The van der Waals surface area contributed by atoms with E-state index in [9.17, 15) is 0 Å². The Morgan fingerprint density at radius 3 is 2.50 bits per heavy atom. The molecule has 1 N–H and O–H groups in total. The van der Waals surface area contributed by atoms with Crippen LogP contribution in [0.2, 0.25) is 0 Å². The summed E-state index contributed by atoms with van der Waals surface area (Å²) in [5, 5.41) is 3.38. The summed E-state index contributed by atoms with van der Waals surface area (Å²) >= 11 is 0. The van der Waals surface area contributed by atoms with Gasteiger partial charge in [0, 0.05) is 25.6 Å². The Morgan fingerprint density at radius 2 is 1.95 bits per heavy atom. The zero-order valence-electron chi connectivity index (χ0n) is 13.9. The Kier molecular flexibility index (Phi) is 6.93. The van der Waals surface area contributed by atoms with Gasteiger partial charge in [0.2, 0.25) is 0 Å². The molecular formula is C16H30N4. The molecule has 0 fully saturated rings. The van der Waals surface area contributed by atoms with Crippen molar-refractivity contribution in [2.75, 3.05) is 18.5 Å². The van der Waals surface area contributed by atoms with Gasteiger partial charge in [0.25, 0.3) is 0 Å². The quantitative estimate of drug-likeness (QED) is 0.792. The fraction of sp³-hybridized carbons (Fsp3) is 0.750. The van der Waals surface area contributed by atoms with E-state index in [1.54, 1.807) is 0 Å². The van der Waals surface area contributed by atoms with Gasteiger partial charge in [-0.05, 0) is 19.9 Å². The molecule has 4 nitrogen and oxygen atoms in total. The summed E-state index contributed by atoms with van der Waals surface area (Å²) in [5.74, 6) is 1.29. The summed E-state index contributed by atoms with van der Waals surface area (Å²) in [5.41, 5.74) is 2.26. The Balaban J connectivity index is 3.03. The first-order chi connectivity index (χ1) is 9.51. The Bertz CT molecular complexity index is 403. The smallest absolute Gasteiger partial charge is 0.131 e. The van der Waals surface area contributed by atoms with Crippen molar-refractivity contribution >= 4 is 5.69 Å². The standard InChI is InChI=1S/C16H30N4/c1-7-9-13(5)20(6)15-11-18-16(12(3)4)19-14(15)10-17-8-2/h11-13,17H,7-10H2,1-6H3. The topological polar surface area (TPSA) is 41.1 Å². The van der Waals surface area contributed by atoms with E-state index in [2.05, 4.69) is 56.9 Å². The second-order valence-corrected chi connectivity index (χ2v) is 5.74. The van der Waals surface area contributed by atoms with Crippen LogP contribution in [0.3, 0.4) is 0 Å². The van der Waals surface area contributed by atoms with Crippen LogP contribution in [0.5, 0.6) is 0 Å². The first-order valence-corrected chi connectivity index (χ1v) is 7.80. The van der Waals surface area contributed by atoms with Crippen LogP contribution in [0, 0.1) is 0 Å². The lowest BCUT2D eigenvalue weighted by molar-refractivity contribution is 0.605. The normalized spacial score (nSPS) is 12.8. The number of nitrogens with one attached hydrogen (secondary N) is 1. The molecule has 1 aromatic rings. The largest absolute Gasteiger partial charge is 0.369 e. The lowest BCUT2D eigenvalue weighted by Crippen LogP contribution is -2.31. The van der Waals surface area contributed by atoms with Crippen molar-refractivity contribution in [2.24, 2.45) is 0 Å². The molecule has 0 amide bonds. The maximum atomic E-state index is 4.76. The minimum atomic E-state index is 0.364. The summed E-state index contributed by atoms with van der Waals surface area (Å²) in [6.07, 6.45) is 4.36. The maximum Gasteiger partial charge on any atom is 0.131 e. The zero-order valence-corrected chi connectivity index (χ0v) is 13.9. The summed E-state index contributed by atoms with van der Waals surface area (Å²) < 4.78 is 0. The SMILES string of the molecule is CCCC(C)N(C)c1cnc(C(C)C)nc1CNCC. The summed E-state index contributed by atoms with van der Waals surface area (Å²) in [7, 11) is 2.14. The Morgan fingerprint density at radius 1 is 1.25 bits per heavy atom. The number of anilines is 1. The van der Waals surface area contributed by atoms with Gasteiger partial charge < -0.3 is 10.2 Å². The van der Waals surface area contributed by atoms with Crippen LogP contribution in [0.4, 0.5) is 5.69 Å².